The van der Waals surface area contributed by atoms with Crippen LogP contribution in [0.2, 0.25) is 5.28 Å². The predicted molar refractivity (Wildman–Crippen MR) is 59.7 cm³/mol. The van der Waals surface area contributed by atoms with Crippen molar-refractivity contribution in [3.05, 3.63) is 23.2 Å². The number of nitrogens with zero attached hydrogens (tertiary/aromatic N) is 2. The van der Waals surface area contributed by atoms with E-state index < -0.39 is 0 Å². The highest BCUT2D eigenvalue weighted by atomic mass is 35.5. The van der Waals surface area contributed by atoms with Crippen molar-refractivity contribution in [2.24, 2.45) is 5.92 Å². The van der Waals surface area contributed by atoms with Gasteiger partial charge in [0.25, 0.3) is 0 Å². The first kappa shape index (κ1) is 10.8. The van der Waals surface area contributed by atoms with Crippen LogP contribution in [0.15, 0.2) is 12.3 Å². The Morgan fingerprint density at radius 2 is 2.53 bits per heavy atom. The van der Waals surface area contributed by atoms with E-state index in [1.807, 2.05) is 6.07 Å². The summed E-state index contributed by atoms with van der Waals surface area (Å²) in [6, 6.07) is 1.88. The highest BCUT2D eigenvalue weighted by Gasteiger charge is 2.13. The summed E-state index contributed by atoms with van der Waals surface area (Å²) >= 11 is 5.69. The molecule has 0 unspecified atom stereocenters. The summed E-state index contributed by atoms with van der Waals surface area (Å²) in [5, 5.41) is 7.04. The molecule has 2 heterocycles. The molecule has 2 N–H and O–H groups in total. The molecule has 0 saturated carbocycles. The van der Waals surface area contributed by atoms with Crippen LogP contribution in [-0.4, -0.2) is 29.6 Å². The first-order chi connectivity index (χ1) is 7.34. The lowest BCUT2D eigenvalue weighted by Gasteiger charge is -2.09. The average molecular weight is 227 g/mol. The molecule has 0 spiro atoms. The van der Waals surface area contributed by atoms with Crippen LogP contribution in [0.25, 0.3) is 0 Å². The Balaban J connectivity index is 1.73. The second kappa shape index (κ2) is 5.39. The summed E-state index contributed by atoms with van der Waals surface area (Å²) in [6.45, 7) is 4.07. The number of nitrogens with one attached hydrogen (secondary N) is 2. The van der Waals surface area contributed by atoms with Gasteiger partial charge in [0.2, 0.25) is 5.28 Å². The molecule has 82 valence electrons. The number of hydrogen-bond acceptors (Lipinski definition) is 4. The fraction of sp³-hybridized carbons (Fsp3) is 0.600. The van der Waals surface area contributed by atoms with Crippen molar-refractivity contribution in [1.82, 2.24) is 20.6 Å². The molecule has 1 aromatic heterocycles. The number of halogens is 1. The lowest BCUT2D eigenvalue weighted by Crippen LogP contribution is -2.24. The van der Waals surface area contributed by atoms with Gasteiger partial charge < -0.3 is 10.6 Å². The molecule has 0 radical (unpaired) electrons. The third-order valence-corrected chi connectivity index (χ3v) is 2.77. The lowest BCUT2D eigenvalue weighted by molar-refractivity contribution is 0.509. The van der Waals surface area contributed by atoms with Crippen molar-refractivity contribution in [3.63, 3.8) is 0 Å². The second-order valence-electron chi connectivity index (χ2n) is 3.81. The molecule has 15 heavy (non-hydrogen) atoms. The maximum atomic E-state index is 5.69. The molecule has 1 aromatic rings. The van der Waals surface area contributed by atoms with E-state index in [0.717, 1.165) is 37.8 Å². The molecule has 4 nitrogen and oxygen atoms in total. The van der Waals surface area contributed by atoms with Crippen LogP contribution in [0.1, 0.15) is 12.1 Å². The van der Waals surface area contributed by atoms with Crippen LogP contribution in [-0.2, 0) is 6.54 Å². The van der Waals surface area contributed by atoms with E-state index >= 15 is 0 Å². The van der Waals surface area contributed by atoms with Crippen LogP contribution in [0, 0.1) is 5.92 Å². The molecule has 1 fully saturated rings. The highest BCUT2D eigenvalue weighted by Crippen LogP contribution is 2.06. The monoisotopic (exact) mass is 226 g/mol. The topological polar surface area (TPSA) is 49.8 Å². The summed E-state index contributed by atoms with van der Waals surface area (Å²) in [6.07, 6.45) is 2.95. The maximum absolute atomic E-state index is 5.69. The Morgan fingerprint density at radius 1 is 1.60 bits per heavy atom. The third kappa shape index (κ3) is 3.41. The zero-order chi connectivity index (χ0) is 10.5. The van der Waals surface area contributed by atoms with Crippen molar-refractivity contribution in [2.45, 2.75) is 13.0 Å². The lowest BCUT2D eigenvalue weighted by atomic mass is 10.1. The van der Waals surface area contributed by atoms with Gasteiger partial charge in [-0.2, -0.15) is 0 Å². The largest absolute Gasteiger partial charge is 0.316 e. The van der Waals surface area contributed by atoms with E-state index in [0.29, 0.717) is 5.28 Å². The van der Waals surface area contributed by atoms with Gasteiger partial charge in [-0.05, 0) is 49.6 Å². The van der Waals surface area contributed by atoms with Crippen molar-refractivity contribution >= 4 is 11.6 Å². The minimum Gasteiger partial charge on any atom is -0.316 e. The maximum Gasteiger partial charge on any atom is 0.222 e. The Labute approximate surface area is 94.5 Å². The van der Waals surface area contributed by atoms with Crippen LogP contribution < -0.4 is 10.6 Å². The first-order valence-corrected chi connectivity index (χ1v) is 5.61. The normalized spacial score (nSPS) is 20.7. The van der Waals surface area contributed by atoms with Gasteiger partial charge in [-0.25, -0.2) is 9.97 Å². The fourth-order valence-electron chi connectivity index (χ4n) is 1.76. The van der Waals surface area contributed by atoms with E-state index in [1.54, 1.807) is 6.20 Å². The second-order valence-corrected chi connectivity index (χ2v) is 4.14. The SMILES string of the molecule is Clc1nccc(CNC[C@H]2CCNC2)n1. The summed E-state index contributed by atoms with van der Waals surface area (Å²) in [4.78, 5) is 7.96. The summed E-state index contributed by atoms with van der Waals surface area (Å²) in [7, 11) is 0. The van der Waals surface area contributed by atoms with Gasteiger partial charge in [0, 0.05) is 12.7 Å². The van der Waals surface area contributed by atoms with Crippen LogP contribution >= 0.6 is 11.6 Å². The zero-order valence-corrected chi connectivity index (χ0v) is 9.30. The number of rotatable bonds is 4. The van der Waals surface area contributed by atoms with Crippen LogP contribution in [0.3, 0.4) is 0 Å². The van der Waals surface area contributed by atoms with E-state index in [9.17, 15) is 0 Å². The van der Waals surface area contributed by atoms with Gasteiger partial charge in [-0.15, -0.1) is 0 Å². The standard InChI is InChI=1S/C10H15ClN4/c11-10-14-4-2-9(15-10)7-13-6-8-1-3-12-5-8/h2,4,8,12-13H,1,3,5-7H2/t8-/m0/s1. The van der Waals surface area contributed by atoms with Gasteiger partial charge in [-0.1, -0.05) is 0 Å². The summed E-state index contributed by atoms with van der Waals surface area (Å²) in [5.41, 5.74) is 0.945. The smallest absolute Gasteiger partial charge is 0.222 e. The van der Waals surface area contributed by atoms with Crippen molar-refractivity contribution in [2.75, 3.05) is 19.6 Å². The highest BCUT2D eigenvalue weighted by molar-refractivity contribution is 6.28. The van der Waals surface area contributed by atoms with Crippen molar-refractivity contribution in [3.8, 4) is 0 Å². The van der Waals surface area contributed by atoms with Gasteiger partial charge in [0.1, 0.15) is 0 Å². The van der Waals surface area contributed by atoms with E-state index in [-0.39, 0.29) is 0 Å². The fourth-order valence-corrected chi connectivity index (χ4v) is 1.93. The molecular formula is C10H15ClN4. The quantitative estimate of drug-likeness (QED) is 0.747. The number of hydrogen-bond donors (Lipinski definition) is 2. The Kier molecular flexibility index (Phi) is 3.88. The van der Waals surface area contributed by atoms with E-state index in [2.05, 4.69) is 20.6 Å². The molecule has 1 aliphatic heterocycles. The molecule has 2 rings (SSSR count). The van der Waals surface area contributed by atoms with Gasteiger partial charge in [0.15, 0.2) is 0 Å². The average Bonchev–Trinajstić information content (AvgIpc) is 2.71. The Bertz CT molecular complexity index is 312. The van der Waals surface area contributed by atoms with Gasteiger partial charge in [0.05, 0.1) is 5.69 Å². The number of aromatic nitrogens is 2. The Hall–Kier alpha value is -0.710. The summed E-state index contributed by atoms with van der Waals surface area (Å²) < 4.78 is 0. The first-order valence-electron chi connectivity index (χ1n) is 5.23. The van der Waals surface area contributed by atoms with E-state index in [1.165, 1.54) is 6.42 Å². The third-order valence-electron chi connectivity index (χ3n) is 2.59. The molecule has 1 atom stereocenters. The Morgan fingerprint density at radius 3 is 3.27 bits per heavy atom. The van der Waals surface area contributed by atoms with Gasteiger partial charge >= 0.3 is 0 Å². The molecule has 0 aliphatic carbocycles. The van der Waals surface area contributed by atoms with Crippen LogP contribution in [0.5, 0.6) is 0 Å². The molecule has 0 amide bonds. The minimum atomic E-state index is 0.317. The zero-order valence-electron chi connectivity index (χ0n) is 8.54. The molecule has 1 saturated heterocycles. The molecule has 1 aliphatic rings. The minimum absolute atomic E-state index is 0.317. The van der Waals surface area contributed by atoms with E-state index in [4.69, 9.17) is 11.6 Å². The predicted octanol–water partition coefficient (Wildman–Crippen LogP) is 0.829. The molecule has 0 aromatic carbocycles. The van der Waals surface area contributed by atoms with Gasteiger partial charge in [-0.3, -0.25) is 0 Å². The van der Waals surface area contributed by atoms with Crippen LogP contribution in [0.4, 0.5) is 0 Å². The van der Waals surface area contributed by atoms with Crippen molar-refractivity contribution in [1.29, 1.82) is 0 Å². The molecule has 0 bridgehead atoms. The molecular weight excluding hydrogens is 212 g/mol. The summed E-state index contributed by atoms with van der Waals surface area (Å²) in [5.74, 6) is 0.752. The van der Waals surface area contributed by atoms with Crippen molar-refractivity contribution < 1.29 is 0 Å². The molecule has 5 heteroatoms.